The minimum Gasteiger partial charge on any atom is -0.462 e. The largest absolute Gasteiger partial charge is 0.462 e. The van der Waals surface area contributed by atoms with Crippen LogP contribution < -0.4 is 15.4 Å². The maximum absolute atomic E-state index is 12.9. The molecule has 2 aromatic rings. The number of carbonyl (C=O) groups is 3. The molecule has 1 saturated heterocycles. The van der Waals surface area contributed by atoms with Crippen LogP contribution in [0.3, 0.4) is 0 Å². The van der Waals surface area contributed by atoms with Gasteiger partial charge in [-0.3, -0.25) is 9.59 Å². The molecule has 0 aliphatic carbocycles. The molecule has 0 bridgehead atoms. The number of unbranched alkanes of at least 4 members (excludes halogenated alkanes) is 4. The van der Waals surface area contributed by atoms with Gasteiger partial charge in [0.25, 0.3) is 5.91 Å². The van der Waals surface area contributed by atoms with Crippen LogP contribution in [0.15, 0.2) is 54.6 Å². The predicted molar refractivity (Wildman–Crippen MR) is 178 cm³/mol. The van der Waals surface area contributed by atoms with Crippen LogP contribution in [0.5, 0.6) is 5.75 Å². The van der Waals surface area contributed by atoms with Gasteiger partial charge in [-0.2, -0.15) is 0 Å². The second-order valence-electron chi connectivity index (χ2n) is 12.8. The normalized spacial score (nSPS) is 20.9. The molecule has 3 rings (SSSR count). The van der Waals surface area contributed by atoms with Crippen LogP contribution >= 0.6 is 0 Å². The summed E-state index contributed by atoms with van der Waals surface area (Å²) < 4.78 is 16.8. The number of amides is 3. The molecule has 1 aliphatic rings. The van der Waals surface area contributed by atoms with Gasteiger partial charge >= 0.3 is 6.09 Å². The van der Waals surface area contributed by atoms with E-state index in [0.29, 0.717) is 24.3 Å². The summed E-state index contributed by atoms with van der Waals surface area (Å²) in [6, 6.07) is 15.4. The third-order valence-corrected chi connectivity index (χ3v) is 7.66. The van der Waals surface area contributed by atoms with Crippen molar-refractivity contribution in [3.05, 3.63) is 60.2 Å². The van der Waals surface area contributed by atoms with E-state index in [-0.39, 0.29) is 43.6 Å². The van der Waals surface area contributed by atoms with Gasteiger partial charge in [0.05, 0.1) is 6.10 Å². The molecule has 0 radical (unpaired) electrons. The number of benzene rings is 2. The number of nitrogens with one attached hydrogen (secondary N) is 2. The SMILES string of the molecule is CC(C)(C)OC(=O)N(CCCCCCCNC(=O)c1ccccc1)CCC(=O)Nc1ccc(OC2OC(CCO)C(O)C(O)C2O)cc1. The Hall–Kier alpha value is -3.75. The van der Waals surface area contributed by atoms with E-state index in [0.717, 1.165) is 32.1 Å². The standard InChI is InChI=1S/C35H51N3O10/c1-35(2,3)48-34(45)38(21-11-6-4-5-10-20-36-32(44)24-12-8-7-9-13-24)22-18-28(40)37-25-14-16-26(17-15-25)46-33-31(43)30(42)29(41)27(47-33)19-23-39/h7-9,12-17,27,29-31,33,39,41-43H,4-6,10-11,18-23H2,1-3H3,(H,36,44)(H,37,40). The second kappa shape index (κ2) is 19.3. The van der Waals surface area contributed by atoms with E-state index in [1.165, 1.54) is 0 Å². The van der Waals surface area contributed by atoms with E-state index in [2.05, 4.69) is 10.6 Å². The number of ether oxygens (including phenoxy) is 3. The van der Waals surface area contributed by atoms with Crippen molar-refractivity contribution < 1.29 is 49.0 Å². The van der Waals surface area contributed by atoms with Crippen LogP contribution in [-0.4, -0.2) is 106 Å². The Morgan fingerprint density at radius 2 is 1.52 bits per heavy atom. The zero-order valence-corrected chi connectivity index (χ0v) is 28.0. The molecule has 13 heteroatoms. The fourth-order valence-corrected chi connectivity index (χ4v) is 5.06. The average molecular weight is 674 g/mol. The molecular weight excluding hydrogens is 622 g/mol. The molecule has 6 N–H and O–H groups in total. The summed E-state index contributed by atoms with van der Waals surface area (Å²) >= 11 is 0. The molecule has 5 unspecified atom stereocenters. The summed E-state index contributed by atoms with van der Waals surface area (Å²) in [5.41, 5.74) is 0.443. The maximum atomic E-state index is 12.9. The lowest BCUT2D eigenvalue weighted by molar-refractivity contribution is -0.274. The highest BCUT2D eigenvalue weighted by atomic mass is 16.7. The fourth-order valence-electron chi connectivity index (χ4n) is 5.06. The first-order valence-electron chi connectivity index (χ1n) is 16.6. The number of carbonyl (C=O) groups excluding carboxylic acids is 3. The van der Waals surface area contributed by atoms with Crippen LogP contribution in [-0.2, 0) is 14.3 Å². The van der Waals surface area contributed by atoms with Crippen molar-refractivity contribution in [3.63, 3.8) is 0 Å². The van der Waals surface area contributed by atoms with Crippen LogP contribution in [0.25, 0.3) is 0 Å². The summed E-state index contributed by atoms with van der Waals surface area (Å²) in [5, 5.41) is 45.3. The number of anilines is 1. The van der Waals surface area contributed by atoms with Gasteiger partial charge in [-0.15, -0.1) is 0 Å². The summed E-state index contributed by atoms with van der Waals surface area (Å²) in [7, 11) is 0. The lowest BCUT2D eigenvalue weighted by Crippen LogP contribution is -2.59. The summed E-state index contributed by atoms with van der Waals surface area (Å²) in [4.78, 5) is 39.3. The molecule has 0 aromatic heterocycles. The van der Waals surface area contributed by atoms with Gasteiger partial charge in [0, 0.05) is 43.9 Å². The van der Waals surface area contributed by atoms with E-state index in [1.807, 2.05) is 18.2 Å². The van der Waals surface area contributed by atoms with Crippen LogP contribution in [0.1, 0.15) is 76.1 Å². The van der Waals surface area contributed by atoms with Gasteiger partial charge in [0.1, 0.15) is 29.7 Å². The Kier molecular flexibility index (Phi) is 15.6. The Morgan fingerprint density at radius 1 is 0.854 bits per heavy atom. The third kappa shape index (κ3) is 13.0. The highest BCUT2D eigenvalue weighted by Gasteiger charge is 2.44. The number of rotatable bonds is 17. The van der Waals surface area contributed by atoms with E-state index >= 15 is 0 Å². The quantitative estimate of drug-likeness (QED) is 0.136. The van der Waals surface area contributed by atoms with Crippen molar-refractivity contribution in [2.75, 3.05) is 31.6 Å². The smallest absolute Gasteiger partial charge is 0.410 e. The molecule has 13 nitrogen and oxygen atoms in total. The molecular formula is C35H51N3O10. The number of hydrogen-bond donors (Lipinski definition) is 6. The number of aliphatic hydroxyl groups is 4. The first kappa shape index (κ1) is 38.7. The van der Waals surface area contributed by atoms with Crippen molar-refractivity contribution in [2.45, 2.75) is 102 Å². The van der Waals surface area contributed by atoms with Gasteiger partial charge in [-0.25, -0.2) is 4.79 Å². The Morgan fingerprint density at radius 3 is 2.19 bits per heavy atom. The highest BCUT2D eigenvalue weighted by Crippen LogP contribution is 2.26. The Bertz CT molecular complexity index is 1270. The van der Waals surface area contributed by atoms with Crippen LogP contribution in [0.2, 0.25) is 0 Å². The van der Waals surface area contributed by atoms with Crippen LogP contribution in [0, 0.1) is 0 Å². The van der Waals surface area contributed by atoms with E-state index in [1.54, 1.807) is 62.1 Å². The van der Waals surface area contributed by atoms with E-state index in [4.69, 9.17) is 14.2 Å². The van der Waals surface area contributed by atoms with Crippen molar-refractivity contribution in [1.82, 2.24) is 10.2 Å². The molecule has 1 heterocycles. The number of hydrogen-bond acceptors (Lipinski definition) is 10. The second-order valence-corrected chi connectivity index (χ2v) is 12.8. The fraction of sp³-hybridized carbons (Fsp3) is 0.571. The molecule has 266 valence electrons. The van der Waals surface area contributed by atoms with Crippen molar-refractivity contribution in [1.29, 1.82) is 0 Å². The Balaban J connectivity index is 1.41. The molecule has 0 spiro atoms. The third-order valence-electron chi connectivity index (χ3n) is 7.66. The van der Waals surface area contributed by atoms with E-state index < -0.39 is 42.4 Å². The van der Waals surface area contributed by atoms with Gasteiger partial charge in [-0.1, -0.05) is 37.5 Å². The zero-order chi connectivity index (χ0) is 35.1. The monoisotopic (exact) mass is 673 g/mol. The Labute approximate surface area is 282 Å². The van der Waals surface area contributed by atoms with E-state index in [9.17, 15) is 34.8 Å². The molecule has 2 aromatic carbocycles. The first-order valence-corrected chi connectivity index (χ1v) is 16.6. The highest BCUT2D eigenvalue weighted by molar-refractivity contribution is 5.94. The molecule has 1 fully saturated rings. The van der Waals surface area contributed by atoms with Crippen molar-refractivity contribution in [3.8, 4) is 5.75 Å². The molecule has 1 aliphatic heterocycles. The molecule has 48 heavy (non-hydrogen) atoms. The molecule has 3 amide bonds. The first-order chi connectivity index (χ1) is 22.9. The minimum atomic E-state index is -1.51. The van der Waals surface area contributed by atoms with Crippen molar-refractivity contribution >= 4 is 23.6 Å². The molecule has 0 saturated carbocycles. The summed E-state index contributed by atoms with van der Waals surface area (Å²) in [6.07, 6.45) is -2.58. The molecule has 5 atom stereocenters. The maximum Gasteiger partial charge on any atom is 0.410 e. The predicted octanol–water partition coefficient (Wildman–Crippen LogP) is 3.20. The summed E-state index contributed by atoms with van der Waals surface area (Å²) in [5.74, 6) is -0.0948. The minimum absolute atomic E-state index is 0.0488. The zero-order valence-electron chi connectivity index (χ0n) is 28.0. The number of aliphatic hydroxyl groups excluding tert-OH is 4. The van der Waals surface area contributed by atoms with Crippen molar-refractivity contribution in [2.24, 2.45) is 0 Å². The van der Waals surface area contributed by atoms with Gasteiger partial charge < -0.3 is 50.2 Å². The van der Waals surface area contributed by atoms with Gasteiger partial charge in [0.15, 0.2) is 0 Å². The van der Waals surface area contributed by atoms with Gasteiger partial charge in [-0.05, 0) is 76.4 Å². The van der Waals surface area contributed by atoms with Crippen LogP contribution in [0.4, 0.5) is 10.5 Å². The lowest BCUT2D eigenvalue weighted by atomic mass is 9.97. The topological polar surface area (TPSA) is 187 Å². The average Bonchev–Trinajstić information content (AvgIpc) is 3.05. The summed E-state index contributed by atoms with van der Waals surface area (Å²) in [6.45, 7) is 6.31. The van der Waals surface area contributed by atoms with Gasteiger partial charge in [0.2, 0.25) is 12.2 Å². The number of nitrogens with zero attached hydrogens (tertiary/aromatic N) is 1. The lowest BCUT2D eigenvalue weighted by Gasteiger charge is -2.40.